The molecule has 0 aliphatic rings. The highest BCUT2D eigenvalue weighted by Crippen LogP contribution is 2.28. The maximum absolute atomic E-state index is 9.00. The minimum atomic E-state index is 0.400. The van der Waals surface area contributed by atoms with Gasteiger partial charge in [-0.3, -0.25) is 0 Å². The van der Waals surface area contributed by atoms with Crippen LogP contribution < -0.4 is 9.47 Å². The summed E-state index contributed by atoms with van der Waals surface area (Å²) in [5.41, 5.74) is 1.94. The summed E-state index contributed by atoms with van der Waals surface area (Å²) in [7, 11) is 0. The molecule has 3 aromatic carbocycles. The van der Waals surface area contributed by atoms with Gasteiger partial charge in [0, 0.05) is 5.56 Å². The summed E-state index contributed by atoms with van der Waals surface area (Å²) < 4.78 is 11.8. The molecule has 26 heavy (non-hydrogen) atoms. The third kappa shape index (κ3) is 3.97. The lowest BCUT2D eigenvalue weighted by Gasteiger charge is -2.15. The van der Waals surface area contributed by atoms with Crippen molar-refractivity contribution in [3.05, 3.63) is 71.8 Å². The minimum absolute atomic E-state index is 0.400. The van der Waals surface area contributed by atoms with Crippen LogP contribution in [0.4, 0.5) is 0 Å². The Labute approximate surface area is 153 Å². The van der Waals surface area contributed by atoms with E-state index in [-0.39, 0.29) is 0 Å². The molecule has 1 N–H and O–H groups in total. The summed E-state index contributed by atoms with van der Waals surface area (Å²) in [6.07, 6.45) is 1.41. The molecular weight excluding hydrogens is 326 g/mol. The van der Waals surface area contributed by atoms with Crippen LogP contribution in [0.3, 0.4) is 0 Å². The summed E-state index contributed by atoms with van der Waals surface area (Å²) >= 11 is 0. The maximum atomic E-state index is 9.00. The molecule has 0 amide bonds. The minimum Gasteiger partial charge on any atom is -0.490 e. The number of hydrogen-bond donors (Lipinski definition) is 1. The predicted molar refractivity (Wildman–Crippen MR) is 105 cm³/mol. The van der Waals surface area contributed by atoms with Gasteiger partial charge in [-0.05, 0) is 34.4 Å². The first kappa shape index (κ1) is 17.8. The summed E-state index contributed by atoms with van der Waals surface area (Å²) in [6, 6.07) is 19.9. The molecule has 4 heteroatoms. The second-order valence-corrected chi connectivity index (χ2v) is 6.33. The van der Waals surface area contributed by atoms with Crippen LogP contribution in [0.2, 0.25) is 0 Å². The highest BCUT2D eigenvalue weighted by molar-refractivity contribution is 6.02. The Morgan fingerprint density at radius 1 is 0.885 bits per heavy atom. The highest BCUT2D eigenvalue weighted by Gasteiger charge is 2.09. The van der Waals surface area contributed by atoms with Gasteiger partial charge in [-0.1, -0.05) is 67.5 Å². The fraction of sp³-hybridized carbons (Fsp3) is 0.227. The fourth-order valence-electron chi connectivity index (χ4n) is 2.98. The van der Waals surface area contributed by atoms with Crippen LogP contribution in [-0.2, 0) is 0 Å². The van der Waals surface area contributed by atoms with E-state index in [1.54, 1.807) is 0 Å². The van der Waals surface area contributed by atoms with Crippen molar-refractivity contribution in [1.82, 2.24) is 0 Å². The standard InChI is InChI=1S/C22H23NO3/c1-16(2)18-8-5-6-10-21(18)25-13-14-26-22-12-11-17-7-3-4-9-19(17)20(22)15-23-24/h3-12,15-16,24H,13-14H2,1-2H3. The van der Waals surface area contributed by atoms with E-state index in [1.165, 1.54) is 11.8 Å². The summed E-state index contributed by atoms with van der Waals surface area (Å²) in [4.78, 5) is 0. The van der Waals surface area contributed by atoms with E-state index in [1.807, 2.05) is 54.6 Å². The van der Waals surface area contributed by atoms with Crippen LogP contribution in [0, 0.1) is 0 Å². The van der Waals surface area contributed by atoms with Crippen LogP contribution in [0.15, 0.2) is 65.8 Å². The van der Waals surface area contributed by atoms with Gasteiger partial charge in [0.15, 0.2) is 0 Å². The van der Waals surface area contributed by atoms with Crippen LogP contribution in [0.5, 0.6) is 11.5 Å². The number of fused-ring (bicyclic) bond motifs is 1. The lowest BCUT2D eigenvalue weighted by Crippen LogP contribution is -2.11. The van der Waals surface area contributed by atoms with Crippen LogP contribution >= 0.6 is 0 Å². The molecule has 0 unspecified atom stereocenters. The lowest BCUT2D eigenvalue weighted by atomic mass is 10.0. The SMILES string of the molecule is CC(C)c1ccccc1OCCOc1ccc2ccccc2c1C=NO. The first-order valence-electron chi connectivity index (χ1n) is 8.74. The Bertz CT molecular complexity index is 903. The molecular formula is C22H23NO3. The molecule has 3 rings (SSSR count). The van der Waals surface area contributed by atoms with Gasteiger partial charge >= 0.3 is 0 Å². The Kier molecular flexibility index (Phi) is 5.74. The fourth-order valence-corrected chi connectivity index (χ4v) is 2.98. The van der Waals surface area contributed by atoms with Crippen LogP contribution in [0.1, 0.15) is 30.9 Å². The average molecular weight is 349 g/mol. The van der Waals surface area contributed by atoms with E-state index < -0.39 is 0 Å². The van der Waals surface area contributed by atoms with Crippen molar-refractivity contribution in [3.63, 3.8) is 0 Å². The summed E-state index contributed by atoms with van der Waals surface area (Å²) in [6.45, 7) is 5.13. The van der Waals surface area contributed by atoms with Gasteiger partial charge in [0.05, 0.1) is 6.21 Å². The molecule has 0 fully saturated rings. The molecule has 134 valence electrons. The van der Waals surface area contributed by atoms with Gasteiger partial charge < -0.3 is 14.7 Å². The number of benzene rings is 3. The molecule has 0 aliphatic carbocycles. The molecule has 0 aliphatic heterocycles. The van der Waals surface area contributed by atoms with E-state index >= 15 is 0 Å². The Balaban J connectivity index is 1.70. The van der Waals surface area contributed by atoms with Gasteiger partial charge in [-0.25, -0.2) is 0 Å². The van der Waals surface area contributed by atoms with E-state index in [4.69, 9.17) is 14.7 Å². The second-order valence-electron chi connectivity index (χ2n) is 6.33. The second kappa shape index (κ2) is 8.39. The number of hydrogen-bond acceptors (Lipinski definition) is 4. The van der Waals surface area contributed by atoms with Crippen molar-refractivity contribution < 1.29 is 14.7 Å². The molecule has 4 nitrogen and oxygen atoms in total. The maximum Gasteiger partial charge on any atom is 0.129 e. The average Bonchev–Trinajstić information content (AvgIpc) is 2.67. The van der Waals surface area contributed by atoms with Crippen molar-refractivity contribution in [1.29, 1.82) is 0 Å². The van der Waals surface area contributed by atoms with Crippen molar-refractivity contribution in [2.75, 3.05) is 13.2 Å². The van der Waals surface area contributed by atoms with Crippen molar-refractivity contribution in [2.24, 2.45) is 5.16 Å². The zero-order chi connectivity index (χ0) is 18.4. The topological polar surface area (TPSA) is 51.0 Å². The Morgan fingerprint density at radius 3 is 2.35 bits per heavy atom. The van der Waals surface area contributed by atoms with E-state index in [2.05, 4.69) is 25.1 Å². The Hall–Kier alpha value is -3.01. The quantitative estimate of drug-likeness (QED) is 0.275. The van der Waals surface area contributed by atoms with Gasteiger partial charge in [0.1, 0.15) is 24.7 Å². The van der Waals surface area contributed by atoms with Crippen molar-refractivity contribution in [2.45, 2.75) is 19.8 Å². The van der Waals surface area contributed by atoms with Crippen molar-refractivity contribution >= 4 is 17.0 Å². The smallest absolute Gasteiger partial charge is 0.129 e. The first-order chi connectivity index (χ1) is 12.7. The Morgan fingerprint density at radius 2 is 1.58 bits per heavy atom. The van der Waals surface area contributed by atoms with Crippen LogP contribution in [0.25, 0.3) is 10.8 Å². The number of nitrogens with zero attached hydrogens (tertiary/aromatic N) is 1. The van der Waals surface area contributed by atoms with Gasteiger partial charge in [0.2, 0.25) is 0 Å². The zero-order valence-electron chi connectivity index (χ0n) is 15.1. The summed E-state index contributed by atoms with van der Waals surface area (Å²) in [5.74, 6) is 1.96. The van der Waals surface area contributed by atoms with Crippen LogP contribution in [-0.4, -0.2) is 24.6 Å². The molecule has 0 radical (unpaired) electrons. The molecule has 0 saturated heterocycles. The normalized spacial score (nSPS) is 11.3. The monoisotopic (exact) mass is 349 g/mol. The lowest BCUT2D eigenvalue weighted by molar-refractivity contribution is 0.215. The van der Waals surface area contributed by atoms with E-state index in [0.29, 0.717) is 24.9 Å². The molecule has 3 aromatic rings. The first-order valence-corrected chi connectivity index (χ1v) is 8.74. The molecule has 0 heterocycles. The summed E-state index contributed by atoms with van der Waals surface area (Å²) in [5, 5.41) is 14.2. The number of para-hydroxylation sites is 1. The molecule has 0 saturated carbocycles. The highest BCUT2D eigenvalue weighted by atomic mass is 16.5. The largest absolute Gasteiger partial charge is 0.490 e. The zero-order valence-corrected chi connectivity index (χ0v) is 15.1. The molecule has 0 atom stereocenters. The number of oxime groups is 1. The predicted octanol–water partition coefficient (Wildman–Crippen LogP) is 5.23. The molecule has 0 aromatic heterocycles. The van der Waals surface area contributed by atoms with E-state index in [9.17, 15) is 0 Å². The third-order valence-electron chi connectivity index (χ3n) is 4.26. The third-order valence-corrected chi connectivity index (χ3v) is 4.26. The van der Waals surface area contributed by atoms with Gasteiger partial charge in [0.25, 0.3) is 0 Å². The number of rotatable bonds is 7. The number of ether oxygens (including phenoxy) is 2. The van der Waals surface area contributed by atoms with Gasteiger partial charge in [-0.2, -0.15) is 0 Å². The molecule has 0 spiro atoms. The van der Waals surface area contributed by atoms with E-state index in [0.717, 1.165) is 22.1 Å². The van der Waals surface area contributed by atoms with Crippen molar-refractivity contribution in [3.8, 4) is 11.5 Å². The molecule has 0 bridgehead atoms. The van der Waals surface area contributed by atoms with Gasteiger partial charge in [-0.15, -0.1) is 0 Å².